The Morgan fingerprint density at radius 1 is 1.15 bits per heavy atom. The third-order valence-electron chi connectivity index (χ3n) is 4.18. The molecule has 5 nitrogen and oxygen atoms in total. The molecule has 10 heteroatoms. The summed E-state index contributed by atoms with van der Waals surface area (Å²) in [4.78, 5) is 0.234. The molecule has 0 saturated heterocycles. The van der Waals surface area contributed by atoms with Crippen molar-refractivity contribution in [3.63, 3.8) is 0 Å². The highest BCUT2D eigenvalue weighted by atomic mass is 32.2. The first kappa shape index (κ1) is 18.1. The van der Waals surface area contributed by atoms with E-state index in [-0.39, 0.29) is 10.6 Å². The standard InChI is InChI=1S/C17H12F3N3O2S2/c18-10-1-6-13-9(7-10)8-26-16-14(17(19)20)22-23(15(13)16)11-2-4-12(5-3-11)27(21,24)25/h1-7,17H,8H2,(H2,21,24,25). The topological polar surface area (TPSA) is 78.0 Å². The second-order valence-electron chi connectivity index (χ2n) is 5.90. The van der Waals surface area contributed by atoms with E-state index in [2.05, 4.69) is 5.10 Å². The van der Waals surface area contributed by atoms with Gasteiger partial charge in [-0.15, -0.1) is 11.8 Å². The summed E-state index contributed by atoms with van der Waals surface area (Å²) >= 11 is 1.17. The summed E-state index contributed by atoms with van der Waals surface area (Å²) in [5, 5.41) is 9.14. The molecule has 0 radical (unpaired) electrons. The molecular formula is C17H12F3N3O2S2. The average molecular weight is 411 g/mol. The fourth-order valence-electron chi connectivity index (χ4n) is 2.97. The van der Waals surface area contributed by atoms with Crippen molar-refractivity contribution >= 4 is 21.8 Å². The number of thioether (sulfide) groups is 1. The molecule has 0 unspecified atom stereocenters. The van der Waals surface area contributed by atoms with Gasteiger partial charge in [-0.3, -0.25) is 0 Å². The Balaban J connectivity index is 1.94. The Hall–Kier alpha value is -2.30. The minimum atomic E-state index is -3.88. The Bertz CT molecular complexity index is 1140. The van der Waals surface area contributed by atoms with Crippen molar-refractivity contribution in [1.82, 2.24) is 9.78 Å². The molecule has 3 aromatic rings. The first-order valence-corrected chi connectivity index (χ1v) is 10.2. The van der Waals surface area contributed by atoms with E-state index < -0.39 is 22.3 Å². The summed E-state index contributed by atoms with van der Waals surface area (Å²) in [6, 6.07) is 9.60. The van der Waals surface area contributed by atoms with Crippen molar-refractivity contribution in [2.75, 3.05) is 0 Å². The molecule has 1 aliphatic heterocycles. The summed E-state index contributed by atoms with van der Waals surface area (Å²) in [6.45, 7) is 0. The summed E-state index contributed by atoms with van der Waals surface area (Å²) in [6.07, 6.45) is -2.78. The predicted molar refractivity (Wildman–Crippen MR) is 94.8 cm³/mol. The number of hydrogen-bond donors (Lipinski definition) is 1. The molecule has 0 fully saturated rings. The van der Waals surface area contributed by atoms with Crippen LogP contribution in [0.25, 0.3) is 16.9 Å². The number of primary sulfonamides is 1. The summed E-state index contributed by atoms with van der Waals surface area (Å²) in [7, 11) is -3.88. The molecule has 0 atom stereocenters. The minimum absolute atomic E-state index is 0.0989. The van der Waals surface area contributed by atoms with Gasteiger partial charge in [0.25, 0.3) is 6.43 Å². The smallest absolute Gasteiger partial charge is 0.231 e. The lowest BCUT2D eigenvalue weighted by atomic mass is 10.0. The van der Waals surface area contributed by atoms with Crippen LogP contribution in [0, 0.1) is 5.82 Å². The highest BCUT2D eigenvalue weighted by Crippen LogP contribution is 2.46. The predicted octanol–water partition coefficient (Wildman–Crippen LogP) is 3.87. The SMILES string of the molecule is NS(=O)(=O)c1ccc(-n2nc(C(F)F)c3c2-c2ccc(F)cc2CS3)cc1. The van der Waals surface area contributed by atoms with E-state index in [1.54, 1.807) is 0 Å². The maximum absolute atomic E-state index is 13.6. The fourth-order valence-corrected chi connectivity index (χ4v) is 4.63. The van der Waals surface area contributed by atoms with Crippen molar-refractivity contribution in [2.45, 2.75) is 22.0 Å². The Morgan fingerprint density at radius 2 is 1.85 bits per heavy atom. The van der Waals surface area contributed by atoms with Crippen LogP contribution >= 0.6 is 11.8 Å². The van der Waals surface area contributed by atoms with Gasteiger partial charge in [0.1, 0.15) is 11.5 Å². The van der Waals surface area contributed by atoms with E-state index in [9.17, 15) is 21.6 Å². The van der Waals surface area contributed by atoms with E-state index in [1.807, 2.05) is 0 Å². The Morgan fingerprint density at radius 3 is 2.48 bits per heavy atom. The molecule has 0 aliphatic carbocycles. The van der Waals surface area contributed by atoms with Crippen LogP contribution in [-0.2, 0) is 15.8 Å². The van der Waals surface area contributed by atoms with Crippen molar-refractivity contribution in [1.29, 1.82) is 0 Å². The van der Waals surface area contributed by atoms with Gasteiger partial charge in [-0.25, -0.2) is 31.4 Å². The number of fused-ring (bicyclic) bond motifs is 3. The number of sulfonamides is 1. The maximum Gasteiger partial charge on any atom is 0.283 e. The van der Waals surface area contributed by atoms with Gasteiger partial charge in [0, 0.05) is 11.3 Å². The zero-order chi connectivity index (χ0) is 19.3. The zero-order valence-electron chi connectivity index (χ0n) is 13.6. The van der Waals surface area contributed by atoms with E-state index in [0.717, 1.165) is 0 Å². The highest BCUT2D eigenvalue weighted by Gasteiger charge is 2.30. The molecule has 2 N–H and O–H groups in total. The zero-order valence-corrected chi connectivity index (χ0v) is 15.2. The first-order chi connectivity index (χ1) is 12.8. The molecule has 2 heterocycles. The third-order valence-corrected chi connectivity index (χ3v) is 6.25. The molecule has 27 heavy (non-hydrogen) atoms. The Kier molecular flexibility index (Phi) is 4.28. The Labute approximate surface area is 157 Å². The van der Waals surface area contributed by atoms with Gasteiger partial charge in [0.05, 0.1) is 21.2 Å². The number of aromatic nitrogens is 2. The van der Waals surface area contributed by atoms with Gasteiger partial charge < -0.3 is 0 Å². The molecule has 0 saturated carbocycles. The quantitative estimate of drug-likeness (QED) is 0.710. The number of halogens is 3. The van der Waals surface area contributed by atoms with Gasteiger partial charge in [-0.1, -0.05) is 0 Å². The van der Waals surface area contributed by atoms with Gasteiger partial charge in [0.15, 0.2) is 0 Å². The number of benzene rings is 2. The van der Waals surface area contributed by atoms with Crippen LogP contribution in [0.1, 0.15) is 17.7 Å². The summed E-state index contributed by atoms with van der Waals surface area (Å²) in [5.74, 6) is -0.0500. The second-order valence-corrected chi connectivity index (χ2v) is 8.45. The molecule has 1 aromatic heterocycles. The number of alkyl halides is 2. The van der Waals surface area contributed by atoms with Crippen LogP contribution in [0.2, 0.25) is 0 Å². The minimum Gasteiger partial charge on any atom is -0.231 e. The van der Waals surface area contributed by atoms with Crippen LogP contribution in [-0.4, -0.2) is 18.2 Å². The van der Waals surface area contributed by atoms with E-state index in [1.165, 1.54) is 58.9 Å². The molecule has 1 aliphatic rings. The number of nitrogens with zero attached hydrogens (tertiary/aromatic N) is 2. The fraction of sp³-hybridized carbons (Fsp3) is 0.118. The monoisotopic (exact) mass is 411 g/mol. The van der Waals surface area contributed by atoms with Gasteiger partial charge in [0.2, 0.25) is 10.0 Å². The lowest BCUT2D eigenvalue weighted by Crippen LogP contribution is -2.12. The highest BCUT2D eigenvalue weighted by molar-refractivity contribution is 7.98. The van der Waals surface area contributed by atoms with Crippen LogP contribution in [0.15, 0.2) is 52.3 Å². The van der Waals surface area contributed by atoms with Crippen molar-refractivity contribution < 1.29 is 21.6 Å². The lowest BCUT2D eigenvalue weighted by molar-refractivity contribution is 0.142. The maximum atomic E-state index is 13.6. The molecular weight excluding hydrogens is 399 g/mol. The molecule has 0 spiro atoms. The van der Waals surface area contributed by atoms with Gasteiger partial charge >= 0.3 is 0 Å². The van der Waals surface area contributed by atoms with Gasteiger partial charge in [-0.2, -0.15) is 5.10 Å². The molecule has 0 bridgehead atoms. The van der Waals surface area contributed by atoms with Crippen LogP contribution in [0.5, 0.6) is 0 Å². The second kappa shape index (κ2) is 6.39. The third kappa shape index (κ3) is 3.13. The number of hydrogen-bond acceptors (Lipinski definition) is 4. The number of rotatable bonds is 3. The van der Waals surface area contributed by atoms with E-state index in [4.69, 9.17) is 5.14 Å². The summed E-state index contributed by atoms with van der Waals surface area (Å²) in [5.41, 5.74) is 1.75. The summed E-state index contributed by atoms with van der Waals surface area (Å²) < 4.78 is 64.7. The van der Waals surface area contributed by atoms with E-state index in [0.29, 0.717) is 33.2 Å². The normalized spacial score (nSPS) is 13.5. The van der Waals surface area contributed by atoms with Crippen molar-refractivity contribution in [3.8, 4) is 16.9 Å². The lowest BCUT2D eigenvalue weighted by Gasteiger charge is -2.18. The van der Waals surface area contributed by atoms with Crippen LogP contribution < -0.4 is 5.14 Å². The van der Waals surface area contributed by atoms with E-state index >= 15 is 0 Å². The van der Waals surface area contributed by atoms with Crippen LogP contribution in [0.3, 0.4) is 0 Å². The molecule has 2 aromatic carbocycles. The average Bonchev–Trinajstić information content (AvgIpc) is 3.01. The molecule has 0 amide bonds. The number of nitrogens with two attached hydrogens (primary N) is 1. The van der Waals surface area contributed by atoms with Crippen molar-refractivity contribution in [3.05, 3.63) is 59.5 Å². The molecule has 140 valence electrons. The van der Waals surface area contributed by atoms with Crippen molar-refractivity contribution in [2.24, 2.45) is 5.14 Å². The van der Waals surface area contributed by atoms with Crippen LogP contribution in [0.4, 0.5) is 13.2 Å². The van der Waals surface area contributed by atoms with Gasteiger partial charge in [-0.05, 0) is 48.0 Å². The largest absolute Gasteiger partial charge is 0.283 e. The molecule has 4 rings (SSSR count). The first-order valence-electron chi connectivity index (χ1n) is 7.71.